The van der Waals surface area contributed by atoms with E-state index < -0.39 is 28.6 Å². The number of carbonyl (C=O) groups is 1. The number of halogens is 3. The smallest absolute Gasteiger partial charge is 0.319 e. The summed E-state index contributed by atoms with van der Waals surface area (Å²) in [7, 11) is 0. The van der Waals surface area contributed by atoms with Crippen LogP contribution in [0.25, 0.3) is 32.8 Å². The molecule has 3 atom stereocenters. The van der Waals surface area contributed by atoms with E-state index in [1.807, 2.05) is 11.8 Å². The molecule has 8 nitrogen and oxygen atoms in total. The van der Waals surface area contributed by atoms with Crippen molar-refractivity contribution in [3.8, 4) is 22.9 Å². The highest BCUT2D eigenvalue weighted by Crippen LogP contribution is 2.42. The molecule has 1 unspecified atom stereocenters. The number of nitrogens with one attached hydrogen (secondary N) is 2. The number of piperazine rings is 1. The second-order valence-electron chi connectivity index (χ2n) is 12.2. The zero-order chi connectivity index (χ0) is 30.0. The van der Waals surface area contributed by atoms with Crippen molar-refractivity contribution in [1.82, 2.24) is 20.6 Å². The molecule has 3 fully saturated rings. The predicted molar refractivity (Wildman–Crippen MR) is 157 cm³/mol. The topological polar surface area (TPSA) is 99.6 Å². The van der Waals surface area contributed by atoms with Crippen molar-refractivity contribution in [2.75, 3.05) is 24.6 Å². The zero-order valence-electron chi connectivity index (χ0n) is 23.9. The van der Waals surface area contributed by atoms with Gasteiger partial charge >= 0.3 is 6.01 Å². The summed E-state index contributed by atoms with van der Waals surface area (Å²) in [6, 6.07) is 7.06. The lowest BCUT2D eigenvalue weighted by Gasteiger charge is -2.34. The van der Waals surface area contributed by atoms with Crippen LogP contribution in [0.15, 0.2) is 30.3 Å². The fourth-order valence-corrected chi connectivity index (χ4v) is 6.91. The molecule has 7 rings (SSSR count). The molecule has 3 aromatic carbocycles. The number of fused-ring (bicyclic) bond motifs is 4. The molecule has 3 N–H and O–H groups in total. The van der Waals surface area contributed by atoms with Gasteiger partial charge in [-0.15, -0.1) is 0 Å². The molecule has 2 bridgehead atoms. The standard InChI is InChI=1S/C32H32F3N5O3/c1-3-20-23(33)7-4-16-10-19(41)11-21(26(16)20)27-24(34)12-22-29(28(27)35)37-31(43-15-32(2)9-8-25(42)39-32)38-30(22)40-13-17-5-6-18(14-40)36-17/h4,7,10-12,17-18,36,41H,3,5-6,8-9,13-15H2,1-2H3,(H,39,42)/t17-,18+,32?. The summed E-state index contributed by atoms with van der Waals surface area (Å²) in [4.78, 5) is 23.0. The average Bonchev–Trinajstić information content (AvgIpc) is 3.50. The highest BCUT2D eigenvalue weighted by molar-refractivity contribution is 6.03. The lowest BCUT2D eigenvalue weighted by Crippen LogP contribution is -2.51. The minimum absolute atomic E-state index is 0.0345. The van der Waals surface area contributed by atoms with Crippen LogP contribution in [-0.2, 0) is 11.2 Å². The molecule has 43 heavy (non-hydrogen) atoms. The fourth-order valence-electron chi connectivity index (χ4n) is 6.91. The number of aryl methyl sites for hydroxylation is 1. The Balaban J connectivity index is 1.42. The molecule has 4 aromatic rings. The van der Waals surface area contributed by atoms with E-state index in [-0.39, 0.29) is 59.2 Å². The van der Waals surface area contributed by atoms with Crippen molar-refractivity contribution in [2.24, 2.45) is 0 Å². The molecule has 0 spiro atoms. The molecule has 0 radical (unpaired) electrons. The van der Waals surface area contributed by atoms with Crippen LogP contribution in [0.2, 0.25) is 0 Å². The van der Waals surface area contributed by atoms with E-state index in [4.69, 9.17) is 4.74 Å². The number of anilines is 1. The number of aromatic nitrogens is 2. The highest BCUT2D eigenvalue weighted by atomic mass is 19.1. The number of amides is 1. The highest BCUT2D eigenvalue weighted by Gasteiger charge is 2.36. The van der Waals surface area contributed by atoms with Crippen LogP contribution in [0.5, 0.6) is 11.8 Å². The van der Waals surface area contributed by atoms with Gasteiger partial charge in [-0.25, -0.2) is 13.2 Å². The molecule has 4 heterocycles. The molecule has 224 valence electrons. The summed E-state index contributed by atoms with van der Waals surface area (Å²) in [6.07, 6.45) is 3.22. The molecule has 11 heteroatoms. The molecule has 1 aromatic heterocycles. The summed E-state index contributed by atoms with van der Waals surface area (Å²) < 4.78 is 53.8. The van der Waals surface area contributed by atoms with E-state index in [0.717, 1.165) is 12.8 Å². The minimum atomic E-state index is -0.958. The van der Waals surface area contributed by atoms with Crippen LogP contribution in [0, 0.1) is 17.5 Å². The average molecular weight is 592 g/mol. The number of aromatic hydroxyl groups is 1. The molecule has 3 aliphatic rings. The Morgan fingerprint density at radius 2 is 1.86 bits per heavy atom. The van der Waals surface area contributed by atoms with Crippen LogP contribution in [0.4, 0.5) is 19.0 Å². The normalized spacial score (nSPS) is 23.4. The lowest BCUT2D eigenvalue weighted by atomic mass is 9.91. The van der Waals surface area contributed by atoms with E-state index in [2.05, 4.69) is 20.6 Å². The van der Waals surface area contributed by atoms with Crippen molar-refractivity contribution in [2.45, 2.75) is 63.6 Å². The third-order valence-corrected chi connectivity index (χ3v) is 9.00. The Bertz CT molecular complexity index is 1790. The Morgan fingerprint density at radius 1 is 1.09 bits per heavy atom. The van der Waals surface area contributed by atoms with Gasteiger partial charge in [-0.1, -0.05) is 13.0 Å². The van der Waals surface area contributed by atoms with Crippen LogP contribution in [0.3, 0.4) is 0 Å². The Hall–Kier alpha value is -4.12. The molecule has 0 saturated carbocycles. The van der Waals surface area contributed by atoms with Gasteiger partial charge in [-0.2, -0.15) is 9.97 Å². The van der Waals surface area contributed by atoms with Gasteiger partial charge in [0.2, 0.25) is 5.91 Å². The first kappa shape index (κ1) is 27.7. The molecular formula is C32H32F3N5O3. The van der Waals surface area contributed by atoms with Crippen LogP contribution < -0.4 is 20.3 Å². The van der Waals surface area contributed by atoms with Crippen molar-refractivity contribution in [3.05, 3.63) is 53.3 Å². The number of nitrogens with zero attached hydrogens (tertiary/aromatic N) is 3. The minimum Gasteiger partial charge on any atom is -0.508 e. The molecule has 3 saturated heterocycles. The maximum absolute atomic E-state index is 16.7. The van der Waals surface area contributed by atoms with Gasteiger partial charge < -0.3 is 25.4 Å². The second kappa shape index (κ2) is 10.3. The van der Waals surface area contributed by atoms with Gasteiger partial charge in [0.1, 0.15) is 35.3 Å². The van der Waals surface area contributed by atoms with Crippen LogP contribution in [0.1, 0.15) is 45.1 Å². The zero-order valence-corrected chi connectivity index (χ0v) is 23.9. The van der Waals surface area contributed by atoms with Gasteiger partial charge in [-0.05, 0) is 78.8 Å². The van der Waals surface area contributed by atoms with Gasteiger partial charge in [0.25, 0.3) is 0 Å². The third kappa shape index (κ3) is 4.79. The van der Waals surface area contributed by atoms with Gasteiger partial charge in [0.05, 0.1) is 11.1 Å². The Labute approximate surface area is 246 Å². The number of benzene rings is 3. The summed E-state index contributed by atoms with van der Waals surface area (Å²) in [6.45, 7) is 4.91. The maximum Gasteiger partial charge on any atom is 0.319 e. The summed E-state index contributed by atoms with van der Waals surface area (Å²) >= 11 is 0. The van der Waals surface area contributed by atoms with Crippen molar-refractivity contribution in [3.63, 3.8) is 0 Å². The van der Waals surface area contributed by atoms with Crippen molar-refractivity contribution >= 4 is 33.4 Å². The second-order valence-corrected chi connectivity index (χ2v) is 12.2. The van der Waals surface area contributed by atoms with E-state index in [9.17, 15) is 14.3 Å². The molecule has 3 aliphatic heterocycles. The summed E-state index contributed by atoms with van der Waals surface area (Å²) in [5.41, 5.74) is -0.861. The van der Waals surface area contributed by atoms with E-state index in [0.29, 0.717) is 48.1 Å². The van der Waals surface area contributed by atoms with Gasteiger partial charge in [0, 0.05) is 37.0 Å². The van der Waals surface area contributed by atoms with E-state index >= 15 is 8.78 Å². The number of hydrogen-bond acceptors (Lipinski definition) is 7. The van der Waals surface area contributed by atoms with Gasteiger partial charge in [0.15, 0.2) is 5.82 Å². The largest absolute Gasteiger partial charge is 0.508 e. The quantitative estimate of drug-likeness (QED) is 0.286. The number of hydrogen-bond donors (Lipinski definition) is 3. The monoisotopic (exact) mass is 591 g/mol. The number of phenols is 1. The lowest BCUT2D eigenvalue weighted by molar-refractivity contribution is -0.119. The SMILES string of the molecule is CCc1c(F)ccc2cc(O)cc(-c3c(F)cc4c(N5C[C@H]6CC[C@@H](C5)N6)nc(OCC5(C)CCC(=O)N5)nc4c3F)c12. The van der Waals surface area contributed by atoms with E-state index in [1.54, 1.807) is 6.92 Å². The van der Waals surface area contributed by atoms with Crippen molar-refractivity contribution < 1.29 is 27.8 Å². The third-order valence-electron chi connectivity index (χ3n) is 9.00. The number of ether oxygens (including phenoxy) is 1. The van der Waals surface area contributed by atoms with Gasteiger partial charge in [-0.3, -0.25) is 4.79 Å². The molecular weight excluding hydrogens is 559 g/mol. The maximum atomic E-state index is 16.7. The van der Waals surface area contributed by atoms with Crippen LogP contribution in [-0.4, -0.2) is 58.3 Å². The molecule has 1 amide bonds. The number of rotatable bonds is 6. The molecule has 0 aliphatic carbocycles. The first-order valence-electron chi connectivity index (χ1n) is 14.7. The Morgan fingerprint density at radius 3 is 2.56 bits per heavy atom. The first-order valence-corrected chi connectivity index (χ1v) is 14.7. The summed E-state index contributed by atoms with van der Waals surface area (Å²) in [5, 5.41) is 17.9. The predicted octanol–water partition coefficient (Wildman–Crippen LogP) is 5.12. The first-order chi connectivity index (χ1) is 20.6. The number of phenolic OH excluding ortho intramolecular Hbond substituents is 1. The van der Waals surface area contributed by atoms with Crippen LogP contribution >= 0.6 is 0 Å². The fraction of sp³-hybridized carbons (Fsp3) is 0.406. The number of carbonyl (C=O) groups excluding carboxylic acids is 1. The summed E-state index contributed by atoms with van der Waals surface area (Å²) in [5.74, 6) is -2.24. The van der Waals surface area contributed by atoms with E-state index in [1.165, 1.54) is 30.3 Å². The van der Waals surface area contributed by atoms with Crippen molar-refractivity contribution in [1.29, 1.82) is 0 Å². The Kier molecular flexibility index (Phi) is 6.61.